The second-order valence-corrected chi connectivity index (χ2v) is 4.57. The minimum atomic E-state index is 0.287. The van der Waals surface area contributed by atoms with Crippen molar-refractivity contribution in [2.45, 2.75) is 19.9 Å². The highest BCUT2D eigenvalue weighted by Gasteiger charge is 2.04. The van der Waals surface area contributed by atoms with Crippen molar-refractivity contribution in [1.29, 1.82) is 0 Å². The van der Waals surface area contributed by atoms with E-state index in [2.05, 4.69) is 41.1 Å². The predicted octanol–water partition coefficient (Wildman–Crippen LogP) is 0.863. The molecule has 0 aliphatic carbocycles. The summed E-state index contributed by atoms with van der Waals surface area (Å²) in [5, 5.41) is 3.15. The van der Waals surface area contributed by atoms with E-state index in [0.717, 1.165) is 13.1 Å². The van der Waals surface area contributed by atoms with E-state index in [9.17, 15) is 0 Å². The van der Waals surface area contributed by atoms with Crippen molar-refractivity contribution in [2.24, 2.45) is 5.73 Å². The Morgan fingerprint density at radius 2 is 2.29 bits per heavy atom. The molecule has 0 spiro atoms. The molecule has 0 saturated carbocycles. The molecule has 1 rings (SSSR count). The molecule has 0 aliphatic heterocycles. The van der Waals surface area contributed by atoms with E-state index >= 15 is 0 Å². The highest BCUT2D eigenvalue weighted by atomic mass is 32.1. The number of nitrogens with two attached hydrogens (primary N) is 1. The van der Waals surface area contributed by atoms with Gasteiger partial charge in [0.2, 0.25) is 5.95 Å². The monoisotopic (exact) mass is 253 g/mol. The summed E-state index contributed by atoms with van der Waals surface area (Å²) in [5.41, 5.74) is 6.10. The predicted molar refractivity (Wildman–Crippen MR) is 74.2 cm³/mol. The number of nitrogens with one attached hydrogen (secondary N) is 1. The first-order chi connectivity index (χ1) is 8.00. The lowest BCUT2D eigenvalue weighted by molar-refractivity contribution is 0.284. The van der Waals surface area contributed by atoms with Crippen molar-refractivity contribution in [1.82, 2.24) is 14.9 Å². The average Bonchev–Trinajstić information content (AvgIpc) is 2.29. The van der Waals surface area contributed by atoms with E-state index in [-0.39, 0.29) is 4.99 Å². The maximum atomic E-state index is 5.50. The molecule has 0 aromatic carbocycles. The minimum Gasteiger partial charge on any atom is -0.388 e. The molecule has 0 atom stereocenters. The number of rotatable bonds is 6. The Labute approximate surface area is 107 Å². The van der Waals surface area contributed by atoms with Crippen LogP contribution in [0.4, 0.5) is 5.95 Å². The first kappa shape index (κ1) is 13.8. The van der Waals surface area contributed by atoms with Gasteiger partial charge in [-0.15, -0.1) is 0 Å². The standard InChI is InChI=1S/C11H19N5S/c1-8(2)16(3)7-6-14-11-13-5-4-9(15-11)10(12)17/h4-5,8H,6-7H2,1-3H3,(H2,12,17)(H,13,14,15). The smallest absolute Gasteiger partial charge is 0.223 e. The number of anilines is 1. The van der Waals surface area contributed by atoms with Crippen molar-refractivity contribution in [3.05, 3.63) is 18.0 Å². The number of aromatic nitrogens is 2. The lowest BCUT2D eigenvalue weighted by atomic mass is 10.3. The normalized spacial score (nSPS) is 10.9. The first-order valence-electron chi connectivity index (χ1n) is 5.57. The van der Waals surface area contributed by atoms with Crippen LogP contribution in [0.25, 0.3) is 0 Å². The fourth-order valence-corrected chi connectivity index (χ4v) is 1.30. The molecule has 0 saturated heterocycles. The number of nitrogens with zero attached hydrogens (tertiary/aromatic N) is 3. The van der Waals surface area contributed by atoms with Crippen LogP contribution in [0, 0.1) is 0 Å². The highest BCUT2D eigenvalue weighted by molar-refractivity contribution is 7.80. The molecule has 17 heavy (non-hydrogen) atoms. The van der Waals surface area contributed by atoms with Gasteiger partial charge in [0.25, 0.3) is 0 Å². The van der Waals surface area contributed by atoms with Crippen molar-refractivity contribution in [2.75, 3.05) is 25.5 Å². The van der Waals surface area contributed by atoms with Crippen LogP contribution in [0.15, 0.2) is 12.3 Å². The molecule has 5 nitrogen and oxygen atoms in total. The topological polar surface area (TPSA) is 67.1 Å². The fraction of sp³-hybridized carbons (Fsp3) is 0.545. The molecule has 0 radical (unpaired) electrons. The summed E-state index contributed by atoms with van der Waals surface area (Å²) in [6.45, 7) is 6.03. The number of likely N-dealkylation sites (N-methyl/N-ethyl adjacent to an activating group) is 1. The third kappa shape index (κ3) is 4.62. The minimum absolute atomic E-state index is 0.287. The number of hydrogen-bond acceptors (Lipinski definition) is 5. The average molecular weight is 253 g/mol. The second-order valence-electron chi connectivity index (χ2n) is 4.13. The summed E-state index contributed by atoms with van der Waals surface area (Å²) in [4.78, 5) is 10.8. The zero-order valence-electron chi connectivity index (χ0n) is 10.5. The van der Waals surface area contributed by atoms with Crippen molar-refractivity contribution in [3.63, 3.8) is 0 Å². The molecule has 0 aliphatic rings. The molecular weight excluding hydrogens is 234 g/mol. The van der Waals surface area contributed by atoms with E-state index < -0.39 is 0 Å². The lowest BCUT2D eigenvalue weighted by Crippen LogP contribution is -2.31. The molecule has 1 aromatic rings. The summed E-state index contributed by atoms with van der Waals surface area (Å²) < 4.78 is 0. The SMILES string of the molecule is CC(C)N(C)CCNc1nccc(C(N)=S)n1. The molecule has 0 bridgehead atoms. The van der Waals surface area contributed by atoms with E-state index in [4.69, 9.17) is 18.0 Å². The van der Waals surface area contributed by atoms with Gasteiger partial charge in [-0.3, -0.25) is 0 Å². The lowest BCUT2D eigenvalue weighted by Gasteiger charge is -2.20. The van der Waals surface area contributed by atoms with Crippen molar-refractivity contribution in [3.8, 4) is 0 Å². The summed E-state index contributed by atoms with van der Waals surface area (Å²) in [5.74, 6) is 0.562. The van der Waals surface area contributed by atoms with Crippen LogP contribution < -0.4 is 11.1 Å². The van der Waals surface area contributed by atoms with E-state index in [1.54, 1.807) is 12.3 Å². The first-order valence-corrected chi connectivity index (χ1v) is 5.98. The van der Waals surface area contributed by atoms with Gasteiger partial charge in [-0.25, -0.2) is 9.97 Å². The number of thiocarbonyl (C=S) groups is 1. The van der Waals surface area contributed by atoms with Crippen molar-refractivity contribution < 1.29 is 0 Å². The summed E-state index contributed by atoms with van der Waals surface area (Å²) in [6.07, 6.45) is 1.65. The van der Waals surface area contributed by atoms with Crippen LogP contribution in [0.1, 0.15) is 19.5 Å². The molecule has 0 fully saturated rings. The summed E-state index contributed by atoms with van der Waals surface area (Å²) in [7, 11) is 2.08. The summed E-state index contributed by atoms with van der Waals surface area (Å²) in [6, 6.07) is 2.23. The molecule has 1 aromatic heterocycles. The van der Waals surface area contributed by atoms with Crippen molar-refractivity contribution >= 4 is 23.2 Å². The van der Waals surface area contributed by atoms with Gasteiger partial charge in [-0.2, -0.15) is 0 Å². The van der Waals surface area contributed by atoms with Crippen LogP contribution in [-0.4, -0.2) is 46.0 Å². The highest BCUT2D eigenvalue weighted by Crippen LogP contribution is 2.00. The Balaban J connectivity index is 2.47. The largest absolute Gasteiger partial charge is 0.388 e. The Bertz CT molecular complexity index is 380. The van der Waals surface area contributed by atoms with Crippen LogP contribution >= 0.6 is 12.2 Å². The van der Waals surface area contributed by atoms with Gasteiger partial charge in [0.1, 0.15) is 10.7 Å². The molecule has 3 N–H and O–H groups in total. The quantitative estimate of drug-likeness (QED) is 0.733. The van der Waals surface area contributed by atoms with Crippen LogP contribution in [-0.2, 0) is 0 Å². The number of hydrogen-bond donors (Lipinski definition) is 2. The Kier molecular flexibility index (Phi) is 5.24. The van der Waals surface area contributed by atoms with Gasteiger partial charge in [-0.1, -0.05) is 12.2 Å². The van der Waals surface area contributed by atoms with Gasteiger partial charge in [0, 0.05) is 25.3 Å². The van der Waals surface area contributed by atoms with E-state index in [0.29, 0.717) is 17.7 Å². The zero-order chi connectivity index (χ0) is 12.8. The maximum Gasteiger partial charge on any atom is 0.223 e. The fourth-order valence-electron chi connectivity index (χ4n) is 1.18. The molecule has 94 valence electrons. The van der Waals surface area contributed by atoms with Gasteiger partial charge in [0.15, 0.2) is 0 Å². The Morgan fingerprint density at radius 3 is 2.88 bits per heavy atom. The Hall–Kier alpha value is -1.27. The van der Waals surface area contributed by atoms with Crippen LogP contribution in [0.5, 0.6) is 0 Å². The van der Waals surface area contributed by atoms with Gasteiger partial charge >= 0.3 is 0 Å². The molecule has 6 heteroatoms. The second kappa shape index (κ2) is 6.46. The molecular formula is C11H19N5S. The van der Waals surface area contributed by atoms with Gasteiger partial charge < -0.3 is 16.0 Å². The zero-order valence-corrected chi connectivity index (χ0v) is 11.3. The van der Waals surface area contributed by atoms with Gasteiger partial charge in [0.05, 0.1) is 0 Å². The van der Waals surface area contributed by atoms with E-state index in [1.165, 1.54) is 0 Å². The maximum absolute atomic E-state index is 5.50. The van der Waals surface area contributed by atoms with Crippen LogP contribution in [0.3, 0.4) is 0 Å². The molecule has 1 heterocycles. The van der Waals surface area contributed by atoms with Crippen LogP contribution in [0.2, 0.25) is 0 Å². The third-order valence-electron chi connectivity index (χ3n) is 2.54. The molecule has 0 unspecified atom stereocenters. The Morgan fingerprint density at radius 1 is 1.59 bits per heavy atom. The molecule has 0 amide bonds. The summed E-state index contributed by atoms with van der Waals surface area (Å²) >= 11 is 4.86. The van der Waals surface area contributed by atoms with E-state index in [1.807, 2.05) is 0 Å². The third-order valence-corrected chi connectivity index (χ3v) is 2.75. The van der Waals surface area contributed by atoms with Gasteiger partial charge in [-0.05, 0) is 27.0 Å².